The van der Waals surface area contributed by atoms with E-state index in [0.29, 0.717) is 6.29 Å². The number of ether oxygens (including phenoxy) is 1. The van der Waals surface area contributed by atoms with E-state index in [9.17, 15) is 9.59 Å². The zero-order valence-corrected chi connectivity index (χ0v) is 5.46. The maximum absolute atomic E-state index is 10.6. The highest BCUT2D eigenvalue weighted by Crippen LogP contribution is 2.05. The third kappa shape index (κ3) is 1.15. The number of nitrogens with one attached hydrogen (secondary N) is 1. The Balaban J connectivity index is 2.65. The molecular weight excluding hydrogens is 134 g/mol. The molecule has 1 fully saturated rings. The molecule has 0 amide bonds. The molecule has 4 nitrogen and oxygen atoms in total. The molecule has 1 heterocycles. The van der Waals surface area contributed by atoms with E-state index in [2.05, 4.69) is 10.1 Å². The molecule has 10 heavy (non-hydrogen) atoms. The molecule has 0 aliphatic carbocycles. The van der Waals surface area contributed by atoms with Crippen LogP contribution in [0.3, 0.4) is 0 Å². The van der Waals surface area contributed by atoms with E-state index < -0.39 is 0 Å². The number of cyclic esters (lactones) is 1. The molecule has 4 heteroatoms. The van der Waals surface area contributed by atoms with Crippen LogP contribution in [0.4, 0.5) is 0 Å². The maximum atomic E-state index is 10.6. The van der Waals surface area contributed by atoms with Crippen molar-refractivity contribution >= 4 is 12.3 Å². The summed E-state index contributed by atoms with van der Waals surface area (Å²) in [5.41, 5.74) is 0. The Labute approximate surface area is 57.9 Å². The molecule has 0 aromatic rings. The fourth-order valence-electron chi connectivity index (χ4n) is 0.642. The number of carbonyl (C=O) groups excluding carboxylic acids is 2. The Morgan fingerprint density at radius 3 is 2.80 bits per heavy atom. The molecule has 1 atom stereocenters. The fraction of sp³-hybridized carbons (Fsp3) is 0.333. The summed E-state index contributed by atoms with van der Waals surface area (Å²) >= 11 is 0. The van der Waals surface area contributed by atoms with Gasteiger partial charge in [-0.15, -0.1) is 0 Å². The van der Waals surface area contributed by atoms with Gasteiger partial charge in [-0.25, -0.2) is 4.79 Å². The Hall–Kier alpha value is -1.32. The molecule has 1 aliphatic heterocycles. The van der Waals surface area contributed by atoms with Crippen LogP contribution in [0.2, 0.25) is 0 Å². The summed E-state index contributed by atoms with van der Waals surface area (Å²) in [5, 5.41) is 2.66. The van der Waals surface area contributed by atoms with Gasteiger partial charge in [0.1, 0.15) is 12.3 Å². The van der Waals surface area contributed by atoms with Gasteiger partial charge in [-0.3, -0.25) is 4.79 Å². The van der Waals surface area contributed by atoms with Gasteiger partial charge >= 0.3 is 5.97 Å². The van der Waals surface area contributed by atoms with Crippen molar-refractivity contribution in [1.82, 2.24) is 5.32 Å². The summed E-state index contributed by atoms with van der Waals surface area (Å²) in [6.07, 6.45) is 1.73. The van der Waals surface area contributed by atoms with Crippen LogP contribution >= 0.6 is 0 Å². The van der Waals surface area contributed by atoms with Crippen molar-refractivity contribution in [2.24, 2.45) is 0 Å². The molecule has 0 aromatic heterocycles. The molecule has 1 rings (SSSR count). The van der Waals surface area contributed by atoms with Gasteiger partial charge in [-0.1, -0.05) is 0 Å². The third-order valence-corrected chi connectivity index (χ3v) is 1.14. The van der Waals surface area contributed by atoms with E-state index >= 15 is 0 Å². The highest BCUT2D eigenvalue weighted by molar-refractivity contribution is 5.80. The number of carbonyl (C=O) groups is 2. The largest absolute Gasteiger partial charge is 0.408 e. The molecule has 0 spiro atoms. The van der Waals surface area contributed by atoms with E-state index in [-0.39, 0.29) is 17.9 Å². The van der Waals surface area contributed by atoms with E-state index in [0.717, 1.165) is 0 Å². The highest BCUT2D eigenvalue weighted by Gasteiger charge is 2.24. The summed E-state index contributed by atoms with van der Waals surface area (Å²) in [4.78, 5) is 20.5. The van der Waals surface area contributed by atoms with Crippen LogP contribution in [-0.2, 0) is 14.3 Å². The van der Waals surface area contributed by atoms with Crippen LogP contribution in [0.25, 0.3) is 0 Å². The van der Waals surface area contributed by atoms with Gasteiger partial charge in [-0.2, -0.15) is 0 Å². The molecule has 1 aliphatic rings. The van der Waals surface area contributed by atoms with Crippen molar-refractivity contribution in [2.75, 3.05) is 0 Å². The third-order valence-electron chi connectivity index (χ3n) is 1.14. The van der Waals surface area contributed by atoms with Crippen LogP contribution in [0.1, 0.15) is 6.92 Å². The van der Waals surface area contributed by atoms with Gasteiger partial charge in [0.05, 0.1) is 0 Å². The van der Waals surface area contributed by atoms with Gasteiger partial charge in [0, 0.05) is 6.08 Å². The summed E-state index contributed by atoms with van der Waals surface area (Å²) in [7, 11) is 0. The Kier molecular flexibility index (Phi) is 1.71. The minimum absolute atomic E-state index is 0.229. The lowest BCUT2D eigenvalue weighted by Gasteiger charge is -1.92. The second-order valence-electron chi connectivity index (χ2n) is 1.95. The number of rotatable bonds is 1. The van der Waals surface area contributed by atoms with Crippen LogP contribution in [0, 0.1) is 0 Å². The standard InChI is InChI=1S/C6H7NO3/c1-4-6(9)10-5(7-4)2-3-8/h2-4,7H,1H3/b5-2+. The van der Waals surface area contributed by atoms with Crippen LogP contribution in [0.15, 0.2) is 12.0 Å². The van der Waals surface area contributed by atoms with E-state index in [1.807, 2.05) is 0 Å². The van der Waals surface area contributed by atoms with Crippen molar-refractivity contribution in [2.45, 2.75) is 13.0 Å². The number of esters is 1. The van der Waals surface area contributed by atoms with Crippen molar-refractivity contribution in [3.05, 3.63) is 12.0 Å². The molecule has 0 radical (unpaired) electrons. The Bertz CT molecular complexity index is 197. The number of hydrogen-bond donors (Lipinski definition) is 1. The highest BCUT2D eigenvalue weighted by atomic mass is 16.6. The first kappa shape index (κ1) is 6.80. The smallest absolute Gasteiger partial charge is 0.334 e. The first-order valence-electron chi connectivity index (χ1n) is 2.87. The second kappa shape index (κ2) is 2.51. The van der Waals surface area contributed by atoms with Crippen molar-refractivity contribution in [3.8, 4) is 0 Å². The van der Waals surface area contributed by atoms with Gasteiger partial charge in [0.2, 0.25) is 5.88 Å². The average Bonchev–Trinajstić information content (AvgIpc) is 2.14. The lowest BCUT2D eigenvalue weighted by molar-refractivity contribution is -0.136. The van der Waals surface area contributed by atoms with E-state index in [1.54, 1.807) is 6.92 Å². The normalized spacial score (nSPS) is 27.9. The molecular formula is C6H7NO3. The van der Waals surface area contributed by atoms with E-state index in [1.165, 1.54) is 6.08 Å². The van der Waals surface area contributed by atoms with Gasteiger partial charge in [0.15, 0.2) is 0 Å². The van der Waals surface area contributed by atoms with Gasteiger partial charge < -0.3 is 10.1 Å². The molecule has 1 unspecified atom stereocenters. The molecule has 0 bridgehead atoms. The minimum atomic E-state index is -0.354. The Morgan fingerprint density at radius 2 is 2.40 bits per heavy atom. The summed E-state index contributed by atoms with van der Waals surface area (Å²) in [6, 6.07) is -0.341. The first-order valence-corrected chi connectivity index (χ1v) is 2.87. The topological polar surface area (TPSA) is 55.4 Å². The van der Waals surface area contributed by atoms with Crippen LogP contribution < -0.4 is 5.32 Å². The second-order valence-corrected chi connectivity index (χ2v) is 1.95. The lowest BCUT2D eigenvalue weighted by Crippen LogP contribution is -2.21. The first-order chi connectivity index (χ1) is 4.74. The minimum Gasteiger partial charge on any atom is -0.408 e. The zero-order chi connectivity index (χ0) is 7.56. The summed E-state index contributed by atoms with van der Waals surface area (Å²) < 4.78 is 4.59. The number of aldehydes is 1. The molecule has 1 N–H and O–H groups in total. The Morgan fingerprint density at radius 1 is 1.70 bits per heavy atom. The van der Waals surface area contributed by atoms with Crippen molar-refractivity contribution in [1.29, 1.82) is 0 Å². The average molecular weight is 141 g/mol. The SMILES string of the molecule is CC1N/C(=C\C=O)OC1=O. The maximum Gasteiger partial charge on any atom is 0.334 e. The molecule has 0 saturated carbocycles. The van der Waals surface area contributed by atoms with Gasteiger partial charge in [0.25, 0.3) is 0 Å². The quantitative estimate of drug-likeness (QED) is 0.305. The number of allylic oxidation sites excluding steroid dienone is 1. The summed E-state index contributed by atoms with van der Waals surface area (Å²) in [6.45, 7) is 1.66. The molecule has 54 valence electrons. The summed E-state index contributed by atoms with van der Waals surface area (Å²) in [5.74, 6) is -0.124. The van der Waals surface area contributed by atoms with Crippen LogP contribution in [0.5, 0.6) is 0 Å². The van der Waals surface area contributed by atoms with E-state index in [4.69, 9.17) is 0 Å². The molecule has 1 saturated heterocycles. The predicted octanol–water partition coefficient (Wildman–Crippen LogP) is -0.438. The lowest BCUT2D eigenvalue weighted by atomic mass is 10.4. The van der Waals surface area contributed by atoms with Crippen molar-refractivity contribution in [3.63, 3.8) is 0 Å². The number of hydrogen-bond acceptors (Lipinski definition) is 4. The zero-order valence-electron chi connectivity index (χ0n) is 5.46. The monoisotopic (exact) mass is 141 g/mol. The van der Waals surface area contributed by atoms with Gasteiger partial charge in [-0.05, 0) is 6.92 Å². The fourth-order valence-corrected chi connectivity index (χ4v) is 0.642. The predicted molar refractivity (Wildman–Crippen MR) is 32.8 cm³/mol. The molecule has 0 aromatic carbocycles. The van der Waals surface area contributed by atoms with Crippen LogP contribution in [-0.4, -0.2) is 18.3 Å². The van der Waals surface area contributed by atoms with Crippen molar-refractivity contribution < 1.29 is 14.3 Å².